The normalized spacial score (nSPS) is 10.8. The zero-order chi connectivity index (χ0) is 20.2. The minimum atomic E-state index is -0.375. The first-order valence-electron chi connectivity index (χ1n) is 9.17. The number of carbonyl (C=O) groups excluding carboxylic acids is 1. The summed E-state index contributed by atoms with van der Waals surface area (Å²) in [5, 5.41) is 9.20. The third kappa shape index (κ3) is 4.38. The maximum atomic E-state index is 13.2. The molecule has 0 spiro atoms. The lowest BCUT2D eigenvalue weighted by molar-refractivity contribution is -0.122. The van der Waals surface area contributed by atoms with Crippen LogP contribution in [-0.2, 0) is 17.9 Å². The molecular formula is C23H18FN3O2. The van der Waals surface area contributed by atoms with E-state index in [0.717, 1.165) is 21.0 Å². The van der Waals surface area contributed by atoms with Crippen molar-refractivity contribution in [3.8, 4) is 11.3 Å². The van der Waals surface area contributed by atoms with E-state index in [2.05, 4.69) is 10.4 Å². The number of rotatable bonds is 5. The predicted molar refractivity (Wildman–Crippen MR) is 110 cm³/mol. The minimum absolute atomic E-state index is 0.176. The SMILES string of the molecule is O=C(Cn1nc(-c2ccc3ccccc3c2)ccc1=O)NCc1cccc(F)c1. The van der Waals surface area contributed by atoms with Crippen LogP contribution in [0.25, 0.3) is 22.0 Å². The number of carbonyl (C=O) groups is 1. The Bertz CT molecular complexity index is 1250. The molecule has 0 aliphatic rings. The average molecular weight is 387 g/mol. The van der Waals surface area contributed by atoms with E-state index in [0.29, 0.717) is 11.3 Å². The van der Waals surface area contributed by atoms with Gasteiger partial charge in [0.15, 0.2) is 0 Å². The van der Waals surface area contributed by atoms with E-state index >= 15 is 0 Å². The number of fused-ring (bicyclic) bond motifs is 1. The molecule has 1 aromatic heterocycles. The Morgan fingerprint density at radius 1 is 0.931 bits per heavy atom. The quantitative estimate of drug-likeness (QED) is 0.570. The monoisotopic (exact) mass is 387 g/mol. The standard InChI is InChI=1S/C23H18FN3O2/c24-20-7-3-4-16(12-20)14-25-22(28)15-27-23(29)11-10-21(26-27)19-9-8-17-5-1-2-6-18(17)13-19/h1-13H,14-15H2,(H,25,28). The smallest absolute Gasteiger partial charge is 0.267 e. The van der Waals surface area contributed by atoms with Crippen molar-refractivity contribution in [2.75, 3.05) is 0 Å². The highest BCUT2D eigenvalue weighted by Crippen LogP contribution is 2.22. The molecule has 0 radical (unpaired) electrons. The Kier molecular flexibility index (Phi) is 5.16. The summed E-state index contributed by atoms with van der Waals surface area (Å²) in [5.41, 5.74) is 1.74. The lowest BCUT2D eigenvalue weighted by Crippen LogP contribution is -2.33. The van der Waals surface area contributed by atoms with E-state index in [1.165, 1.54) is 18.2 Å². The summed E-state index contributed by atoms with van der Waals surface area (Å²) in [4.78, 5) is 24.4. The lowest BCUT2D eigenvalue weighted by atomic mass is 10.1. The van der Waals surface area contributed by atoms with Gasteiger partial charge in [-0.2, -0.15) is 5.10 Å². The van der Waals surface area contributed by atoms with E-state index in [-0.39, 0.29) is 30.4 Å². The first-order valence-corrected chi connectivity index (χ1v) is 9.17. The fourth-order valence-electron chi connectivity index (χ4n) is 3.10. The van der Waals surface area contributed by atoms with Gasteiger partial charge in [0.25, 0.3) is 5.56 Å². The predicted octanol–water partition coefficient (Wildman–Crippen LogP) is 3.52. The van der Waals surface area contributed by atoms with Gasteiger partial charge in [0.05, 0.1) is 5.69 Å². The van der Waals surface area contributed by atoms with Crippen LogP contribution in [0.1, 0.15) is 5.56 Å². The van der Waals surface area contributed by atoms with Crippen molar-refractivity contribution in [3.05, 3.63) is 101 Å². The summed E-state index contributed by atoms with van der Waals surface area (Å²) in [6, 6.07) is 22.9. The molecule has 4 aromatic rings. The molecule has 1 amide bonds. The number of halogens is 1. The Hall–Kier alpha value is -3.80. The van der Waals surface area contributed by atoms with E-state index in [1.54, 1.807) is 18.2 Å². The molecule has 0 atom stereocenters. The molecule has 144 valence electrons. The molecule has 5 nitrogen and oxygen atoms in total. The van der Waals surface area contributed by atoms with Gasteiger partial charge in [-0.05, 0) is 40.6 Å². The van der Waals surface area contributed by atoms with Crippen molar-refractivity contribution < 1.29 is 9.18 Å². The maximum Gasteiger partial charge on any atom is 0.267 e. The van der Waals surface area contributed by atoms with E-state index in [4.69, 9.17) is 0 Å². The van der Waals surface area contributed by atoms with Gasteiger partial charge < -0.3 is 5.32 Å². The van der Waals surface area contributed by atoms with Crippen LogP contribution < -0.4 is 10.9 Å². The van der Waals surface area contributed by atoms with Crippen LogP contribution in [0.4, 0.5) is 4.39 Å². The molecule has 1 N–H and O–H groups in total. The molecule has 0 aliphatic heterocycles. The number of aromatic nitrogens is 2. The van der Waals surface area contributed by atoms with Crippen molar-refractivity contribution >= 4 is 16.7 Å². The van der Waals surface area contributed by atoms with Crippen LogP contribution in [0.5, 0.6) is 0 Å². The first kappa shape index (κ1) is 18.6. The van der Waals surface area contributed by atoms with E-state index in [9.17, 15) is 14.0 Å². The Labute approximate surface area is 166 Å². The number of benzene rings is 3. The molecule has 0 saturated carbocycles. The van der Waals surface area contributed by atoms with Crippen LogP contribution in [0.15, 0.2) is 83.7 Å². The largest absolute Gasteiger partial charge is 0.350 e. The molecule has 4 rings (SSSR count). The molecular weight excluding hydrogens is 369 g/mol. The molecule has 29 heavy (non-hydrogen) atoms. The summed E-state index contributed by atoms with van der Waals surface area (Å²) >= 11 is 0. The highest BCUT2D eigenvalue weighted by Gasteiger charge is 2.09. The zero-order valence-electron chi connectivity index (χ0n) is 15.5. The van der Waals surface area contributed by atoms with Crippen molar-refractivity contribution in [1.82, 2.24) is 15.1 Å². The van der Waals surface area contributed by atoms with Gasteiger partial charge >= 0.3 is 0 Å². The van der Waals surface area contributed by atoms with Crippen LogP contribution in [-0.4, -0.2) is 15.7 Å². The first-order chi connectivity index (χ1) is 14.1. The Morgan fingerprint density at radius 2 is 1.76 bits per heavy atom. The fraction of sp³-hybridized carbons (Fsp3) is 0.0870. The third-order valence-electron chi connectivity index (χ3n) is 4.58. The topological polar surface area (TPSA) is 64.0 Å². The van der Waals surface area contributed by atoms with Gasteiger partial charge in [-0.1, -0.05) is 48.5 Å². The van der Waals surface area contributed by atoms with E-state index in [1.807, 2.05) is 42.5 Å². The Morgan fingerprint density at radius 3 is 2.59 bits per heavy atom. The van der Waals surface area contributed by atoms with Gasteiger partial charge in [0.1, 0.15) is 12.4 Å². The van der Waals surface area contributed by atoms with Crippen molar-refractivity contribution in [1.29, 1.82) is 0 Å². The van der Waals surface area contributed by atoms with Gasteiger partial charge in [0.2, 0.25) is 5.91 Å². The maximum absolute atomic E-state index is 13.2. The third-order valence-corrected chi connectivity index (χ3v) is 4.58. The number of amides is 1. The molecule has 6 heteroatoms. The van der Waals surface area contributed by atoms with E-state index < -0.39 is 0 Å². The van der Waals surface area contributed by atoms with Gasteiger partial charge in [-0.25, -0.2) is 9.07 Å². The second-order valence-corrected chi connectivity index (χ2v) is 6.68. The molecule has 1 heterocycles. The van der Waals surface area contributed by atoms with Crippen molar-refractivity contribution in [2.45, 2.75) is 13.1 Å². The number of nitrogens with zero attached hydrogens (tertiary/aromatic N) is 2. The fourth-order valence-corrected chi connectivity index (χ4v) is 3.10. The van der Waals surface area contributed by atoms with Gasteiger partial charge in [0, 0.05) is 18.2 Å². The lowest BCUT2D eigenvalue weighted by Gasteiger charge is -2.09. The summed E-state index contributed by atoms with van der Waals surface area (Å²) in [6.07, 6.45) is 0. The van der Waals surface area contributed by atoms with Crippen LogP contribution >= 0.6 is 0 Å². The second kappa shape index (κ2) is 8.06. The van der Waals surface area contributed by atoms with Crippen LogP contribution in [0, 0.1) is 5.82 Å². The molecule has 0 bridgehead atoms. The summed E-state index contributed by atoms with van der Waals surface area (Å²) in [5.74, 6) is -0.739. The zero-order valence-corrected chi connectivity index (χ0v) is 15.5. The van der Waals surface area contributed by atoms with Crippen LogP contribution in [0.2, 0.25) is 0 Å². The minimum Gasteiger partial charge on any atom is -0.350 e. The highest BCUT2D eigenvalue weighted by molar-refractivity contribution is 5.86. The second-order valence-electron chi connectivity index (χ2n) is 6.68. The molecule has 3 aromatic carbocycles. The number of hydrogen-bond acceptors (Lipinski definition) is 3. The summed E-state index contributed by atoms with van der Waals surface area (Å²) < 4.78 is 14.4. The highest BCUT2D eigenvalue weighted by atomic mass is 19.1. The molecule has 0 saturated heterocycles. The van der Waals surface area contributed by atoms with Crippen molar-refractivity contribution in [2.24, 2.45) is 0 Å². The molecule has 0 fully saturated rings. The van der Waals surface area contributed by atoms with Gasteiger partial charge in [-0.3, -0.25) is 9.59 Å². The summed E-state index contributed by atoms with van der Waals surface area (Å²) in [7, 11) is 0. The summed E-state index contributed by atoms with van der Waals surface area (Å²) in [6.45, 7) is -0.0364. The number of hydrogen-bond donors (Lipinski definition) is 1. The molecule has 0 aliphatic carbocycles. The van der Waals surface area contributed by atoms with Crippen LogP contribution in [0.3, 0.4) is 0 Å². The Balaban J connectivity index is 1.51. The average Bonchev–Trinajstić information content (AvgIpc) is 2.73. The number of nitrogens with one attached hydrogen (secondary N) is 1. The molecule has 0 unspecified atom stereocenters. The van der Waals surface area contributed by atoms with Crippen molar-refractivity contribution in [3.63, 3.8) is 0 Å². The van der Waals surface area contributed by atoms with Gasteiger partial charge in [-0.15, -0.1) is 0 Å².